The zero-order valence-electron chi connectivity index (χ0n) is 30.8. The van der Waals surface area contributed by atoms with E-state index in [1.807, 2.05) is 60.7 Å². The predicted octanol–water partition coefficient (Wildman–Crippen LogP) is 11.9. The van der Waals surface area contributed by atoms with Crippen LogP contribution in [-0.2, 0) is 12.0 Å². The summed E-state index contributed by atoms with van der Waals surface area (Å²) in [4.78, 5) is 0. The van der Waals surface area contributed by atoms with Crippen molar-refractivity contribution >= 4 is 38.2 Å². The van der Waals surface area contributed by atoms with Gasteiger partial charge in [0, 0.05) is 12.1 Å². The van der Waals surface area contributed by atoms with Gasteiger partial charge in [-0.15, -0.1) is 0 Å². The minimum atomic E-state index is -0.379. The van der Waals surface area contributed by atoms with E-state index >= 15 is 0 Å². The summed E-state index contributed by atoms with van der Waals surface area (Å²) in [5, 5.41) is 15.0. The number of nitrogen functional groups attached to an aromatic ring is 1. The van der Waals surface area contributed by atoms with Gasteiger partial charge in [-0.3, -0.25) is 5.41 Å². The van der Waals surface area contributed by atoms with Crippen LogP contribution in [0.15, 0.2) is 188 Å². The van der Waals surface area contributed by atoms with Gasteiger partial charge in [0.25, 0.3) is 0 Å². The van der Waals surface area contributed by atoms with Crippen LogP contribution in [0, 0.1) is 12.3 Å². The number of fused-ring (bicyclic) bond motifs is 17. The number of hydrogen-bond donors (Lipinski definition) is 3. The minimum absolute atomic E-state index is 0.121. The SMILES string of the molecule is Cc1ccc2c3c(ccc2c1)-c1c(c2ccccc2c2ccccc12)C31c2ccccc2-c2ccccc21.N=C(N)c1ccccc1.NCc1ccccc1. The molecule has 0 amide bonds. The Hall–Kier alpha value is -6.81. The Bertz CT molecular complexity index is 2850. The highest BCUT2D eigenvalue weighted by molar-refractivity contribution is 6.21. The van der Waals surface area contributed by atoms with Gasteiger partial charge in [-0.2, -0.15) is 0 Å². The highest BCUT2D eigenvalue weighted by atomic mass is 14.7. The first-order chi connectivity index (χ1) is 27.0. The van der Waals surface area contributed by atoms with Crippen molar-refractivity contribution in [2.24, 2.45) is 11.5 Å². The molecular formula is C52H41N3. The molecule has 0 fully saturated rings. The lowest BCUT2D eigenvalue weighted by Crippen LogP contribution is -2.26. The number of benzene rings is 9. The summed E-state index contributed by atoms with van der Waals surface area (Å²) >= 11 is 0. The quantitative estimate of drug-likeness (QED) is 0.0950. The lowest BCUT2D eigenvalue weighted by Gasteiger charge is -2.32. The Labute approximate surface area is 322 Å². The Morgan fingerprint density at radius 1 is 0.491 bits per heavy atom. The molecule has 1 spiro atoms. The first-order valence-corrected chi connectivity index (χ1v) is 18.8. The molecule has 9 aromatic carbocycles. The molecule has 9 aromatic rings. The summed E-state index contributed by atoms with van der Waals surface area (Å²) < 4.78 is 0. The maximum absolute atomic E-state index is 7.01. The molecule has 3 nitrogen and oxygen atoms in total. The van der Waals surface area contributed by atoms with Crippen molar-refractivity contribution in [3.63, 3.8) is 0 Å². The molecule has 0 saturated carbocycles. The number of aryl methyl sites for hydroxylation is 1. The average Bonchev–Trinajstić information content (AvgIpc) is 3.73. The van der Waals surface area contributed by atoms with Gasteiger partial charge in [0.15, 0.2) is 0 Å². The molecule has 0 aromatic heterocycles. The molecule has 5 N–H and O–H groups in total. The van der Waals surface area contributed by atoms with Crippen molar-refractivity contribution in [2.45, 2.75) is 18.9 Å². The number of rotatable bonds is 2. The van der Waals surface area contributed by atoms with Gasteiger partial charge in [0.1, 0.15) is 5.84 Å². The smallest absolute Gasteiger partial charge is 0.122 e. The minimum Gasteiger partial charge on any atom is -0.384 e. The molecule has 0 unspecified atom stereocenters. The standard InChI is InChI=1S/C38H24.C7H8N2.C7H9N/c1-23-18-20-25-24(22-23)19-21-32-35-30-14-4-2-10-26(30)27-11-3-5-15-31(27)37(35)38(36(25)32)33-16-8-6-12-28(33)29-13-7-9-17-34(29)38;8-7(9)6-4-2-1-3-5-6;8-6-7-4-2-1-3-5-7/h2-22H,1H3;1-5H,(H3,8,9);1-5H,6,8H2. The zero-order valence-corrected chi connectivity index (χ0v) is 30.8. The fraction of sp³-hybridized carbons (Fsp3) is 0.0577. The van der Waals surface area contributed by atoms with Crippen LogP contribution in [0.4, 0.5) is 0 Å². The van der Waals surface area contributed by atoms with E-state index in [4.69, 9.17) is 16.9 Å². The van der Waals surface area contributed by atoms with Crippen molar-refractivity contribution in [2.75, 3.05) is 0 Å². The number of nitrogens with one attached hydrogen (secondary N) is 1. The second kappa shape index (κ2) is 13.9. The van der Waals surface area contributed by atoms with E-state index in [1.165, 1.54) is 88.0 Å². The lowest BCUT2D eigenvalue weighted by atomic mass is 9.68. The van der Waals surface area contributed by atoms with E-state index in [2.05, 4.69) is 134 Å². The molecule has 0 heterocycles. The summed E-state index contributed by atoms with van der Waals surface area (Å²) in [6.07, 6.45) is 0. The van der Waals surface area contributed by atoms with Gasteiger partial charge in [0.2, 0.25) is 0 Å². The van der Waals surface area contributed by atoms with Gasteiger partial charge in [-0.05, 0) is 89.3 Å². The largest absolute Gasteiger partial charge is 0.384 e. The molecular weight excluding hydrogens is 667 g/mol. The van der Waals surface area contributed by atoms with Crippen molar-refractivity contribution in [3.8, 4) is 22.3 Å². The number of amidine groups is 1. The summed E-state index contributed by atoms with van der Waals surface area (Å²) in [5.74, 6) is 0.121. The monoisotopic (exact) mass is 707 g/mol. The molecule has 0 atom stereocenters. The molecule has 0 radical (unpaired) electrons. The first-order valence-electron chi connectivity index (χ1n) is 18.8. The van der Waals surface area contributed by atoms with E-state index < -0.39 is 0 Å². The van der Waals surface area contributed by atoms with E-state index in [-0.39, 0.29) is 11.3 Å². The van der Waals surface area contributed by atoms with Crippen molar-refractivity contribution in [1.82, 2.24) is 0 Å². The third-order valence-electron chi connectivity index (χ3n) is 11.2. The van der Waals surface area contributed by atoms with Crippen molar-refractivity contribution < 1.29 is 0 Å². The van der Waals surface area contributed by atoms with Crippen LogP contribution in [0.25, 0.3) is 54.6 Å². The average molecular weight is 708 g/mol. The van der Waals surface area contributed by atoms with Crippen LogP contribution in [0.1, 0.15) is 38.9 Å². The molecule has 2 aliphatic rings. The predicted molar refractivity (Wildman–Crippen MR) is 232 cm³/mol. The highest BCUT2D eigenvalue weighted by Gasteiger charge is 2.53. The van der Waals surface area contributed by atoms with Gasteiger partial charge in [-0.1, -0.05) is 194 Å². The third kappa shape index (κ3) is 5.43. The number of hydrogen-bond acceptors (Lipinski definition) is 2. The zero-order chi connectivity index (χ0) is 37.5. The molecule has 2 aliphatic carbocycles. The topological polar surface area (TPSA) is 75.9 Å². The molecule has 0 aliphatic heterocycles. The van der Waals surface area contributed by atoms with Crippen LogP contribution >= 0.6 is 0 Å². The molecule has 3 heteroatoms. The highest BCUT2D eigenvalue weighted by Crippen LogP contribution is 2.66. The van der Waals surface area contributed by atoms with Gasteiger partial charge < -0.3 is 11.5 Å². The summed E-state index contributed by atoms with van der Waals surface area (Å²) in [6.45, 7) is 2.83. The van der Waals surface area contributed by atoms with Gasteiger partial charge in [-0.25, -0.2) is 0 Å². The molecule has 0 bridgehead atoms. The Balaban J connectivity index is 0.000000194. The second-order valence-electron chi connectivity index (χ2n) is 14.4. The lowest BCUT2D eigenvalue weighted by molar-refractivity contribution is 0.809. The molecule has 11 rings (SSSR count). The van der Waals surface area contributed by atoms with E-state index in [0.29, 0.717) is 6.54 Å². The third-order valence-corrected chi connectivity index (χ3v) is 11.2. The van der Waals surface area contributed by atoms with Crippen LogP contribution in [0.2, 0.25) is 0 Å². The van der Waals surface area contributed by atoms with Crippen molar-refractivity contribution in [3.05, 3.63) is 227 Å². The Kier molecular flexibility index (Phi) is 8.57. The van der Waals surface area contributed by atoms with Crippen LogP contribution < -0.4 is 11.5 Å². The molecule has 264 valence electrons. The Morgan fingerprint density at radius 2 is 1.02 bits per heavy atom. The first kappa shape index (κ1) is 34.0. The Morgan fingerprint density at radius 3 is 1.60 bits per heavy atom. The van der Waals surface area contributed by atoms with E-state index in [9.17, 15) is 0 Å². The summed E-state index contributed by atoms with van der Waals surface area (Å²) in [6, 6.07) is 67.2. The molecule has 0 saturated heterocycles. The molecule has 55 heavy (non-hydrogen) atoms. The van der Waals surface area contributed by atoms with Crippen molar-refractivity contribution in [1.29, 1.82) is 5.41 Å². The van der Waals surface area contributed by atoms with Crippen LogP contribution in [0.5, 0.6) is 0 Å². The van der Waals surface area contributed by atoms with E-state index in [1.54, 1.807) is 0 Å². The second-order valence-corrected chi connectivity index (χ2v) is 14.4. The fourth-order valence-electron chi connectivity index (χ4n) is 9.00. The fourth-order valence-corrected chi connectivity index (χ4v) is 9.00. The van der Waals surface area contributed by atoms with Crippen LogP contribution in [-0.4, -0.2) is 5.84 Å². The van der Waals surface area contributed by atoms with Crippen LogP contribution in [0.3, 0.4) is 0 Å². The maximum Gasteiger partial charge on any atom is 0.122 e. The summed E-state index contributed by atoms with van der Waals surface area (Å²) in [7, 11) is 0. The van der Waals surface area contributed by atoms with Gasteiger partial charge in [0.05, 0.1) is 5.41 Å². The van der Waals surface area contributed by atoms with Gasteiger partial charge >= 0.3 is 0 Å². The maximum atomic E-state index is 7.01. The number of nitrogens with two attached hydrogens (primary N) is 2. The van der Waals surface area contributed by atoms with E-state index in [0.717, 1.165) is 5.56 Å². The summed E-state index contributed by atoms with van der Waals surface area (Å²) in [5.41, 5.74) is 24.6. The normalized spacial score (nSPS) is 12.5.